The Bertz CT molecular complexity index is 4020. The molecule has 11 aromatic carbocycles. The van der Waals surface area contributed by atoms with E-state index in [0.29, 0.717) is 5.82 Å². The van der Waals surface area contributed by atoms with E-state index in [1.54, 1.807) is 0 Å². The topological polar surface area (TPSA) is 34.0 Å². The van der Waals surface area contributed by atoms with Gasteiger partial charge in [0, 0.05) is 49.7 Å². The lowest BCUT2D eigenvalue weighted by Crippen LogP contribution is -2.10. The number of aromatic nitrogens is 3. The first-order valence-electron chi connectivity index (χ1n) is 23.1. The van der Waals surface area contributed by atoms with Crippen molar-refractivity contribution in [2.45, 2.75) is 0 Å². The summed E-state index contributed by atoms with van der Waals surface area (Å²) < 4.78 is 2.39. The molecule has 2 heterocycles. The Morgan fingerprint density at radius 3 is 1.68 bits per heavy atom. The summed E-state index contributed by atoms with van der Waals surface area (Å²) in [4.78, 5) is 12.8. The van der Waals surface area contributed by atoms with E-state index in [-0.39, 0.29) is 0 Å². The maximum Gasteiger partial charge on any atom is 0.160 e. The SMILES string of the molecule is c1ccc(-c2nc(-c3ccc4c5ccc(-c6ccccc6-c6ccc(N(c7ccc8ccccc8c7)c7cccc8ccccc78)cc6)cc5n(-c5ccccc5)c4c3)nc3ccccc23)cc1. The average molecular weight is 867 g/mol. The standard InChI is InChI=1S/C64H42N4/c1-3-18-46(19-4-1)63-58-27-13-14-28-59(58)65-64(66-63)49-34-39-57-56-38-33-48(41-61(56)68(62(57)42-49)50-22-5-2-6-23-50)54-25-12-11-24-53(54)45-31-35-51(36-32-45)67(52-37-30-43-16-7-8-20-47(43)40-52)60-29-15-21-44-17-9-10-26-55(44)60/h1-42H. The molecule has 0 saturated heterocycles. The van der Waals surface area contributed by atoms with Gasteiger partial charge in [-0.1, -0.05) is 194 Å². The molecule has 4 nitrogen and oxygen atoms in total. The molecule has 0 unspecified atom stereocenters. The third kappa shape index (κ3) is 6.78. The summed E-state index contributed by atoms with van der Waals surface area (Å²) in [6.07, 6.45) is 0. The van der Waals surface area contributed by atoms with Crippen LogP contribution in [0.15, 0.2) is 255 Å². The lowest BCUT2D eigenvalue weighted by Gasteiger charge is -2.27. The Morgan fingerprint density at radius 2 is 0.897 bits per heavy atom. The molecule has 0 amide bonds. The van der Waals surface area contributed by atoms with Crippen LogP contribution in [0.5, 0.6) is 0 Å². The van der Waals surface area contributed by atoms with E-state index in [2.05, 4.69) is 252 Å². The van der Waals surface area contributed by atoms with E-state index in [1.165, 1.54) is 43.4 Å². The van der Waals surface area contributed by atoms with Gasteiger partial charge in [0.05, 0.1) is 27.9 Å². The number of hydrogen-bond acceptors (Lipinski definition) is 3. The maximum atomic E-state index is 5.24. The molecule has 0 saturated carbocycles. The van der Waals surface area contributed by atoms with Crippen LogP contribution in [0, 0.1) is 0 Å². The fraction of sp³-hybridized carbons (Fsp3) is 0. The quantitative estimate of drug-likeness (QED) is 0.153. The lowest BCUT2D eigenvalue weighted by atomic mass is 9.93. The number of anilines is 3. The highest BCUT2D eigenvalue weighted by molar-refractivity contribution is 6.11. The Labute approximate surface area is 394 Å². The van der Waals surface area contributed by atoms with Gasteiger partial charge in [0.2, 0.25) is 0 Å². The fourth-order valence-electron chi connectivity index (χ4n) is 10.1. The van der Waals surface area contributed by atoms with E-state index in [9.17, 15) is 0 Å². The summed E-state index contributed by atoms with van der Waals surface area (Å²) >= 11 is 0. The van der Waals surface area contributed by atoms with Crippen molar-refractivity contribution >= 4 is 71.3 Å². The van der Waals surface area contributed by atoms with Gasteiger partial charge in [-0.3, -0.25) is 0 Å². The first-order valence-corrected chi connectivity index (χ1v) is 23.1. The summed E-state index contributed by atoms with van der Waals surface area (Å²) in [7, 11) is 0. The number of nitrogens with zero attached hydrogens (tertiary/aromatic N) is 4. The molecule has 4 heteroatoms. The van der Waals surface area contributed by atoms with Crippen molar-refractivity contribution in [3.05, 3.63) is 255 Å². The largest absolute Gasteiger partial charge is 0.310 e. The summed E-state index contributed by atoms with van der Waals surface area (Å²) in [6.45, 7) is 0. The summed E-state index contributed by atoms with van der Waals surface area (Å²) in [5, 5.41) is 8.25. The van der Waals surface area contributed by atoms with Gasteiger partial charge in [0.1, 0.15) is 0 Å². The zero-order valence-corrected chi connectivity index (χ0v) is 37.0. The van der Waals surface area contributed by atoms with E-state index in [0.717, 1.165) is 72.6 Å². The van der Waals surface area contributed by atoms with E-state index < -0.39 is 0 Å². The molecule has 0 fully saturated rings. The third-order valence-electron chi connectivity index (χ3n) is 13.4. The van der Waals surface area contributed by atoms with Crippen molar-refractivity contribution in [2.75, 3.05) is 4.90 Å². The Morgan fingerprint density at radius 1 is 0.324 bits per heavy atom. The second-order valence-electron chi connectivity index (χ2n) is 17.4. The Kier molecular flexibility index (Phi) is 9.47. The van der Waals surface area contributed by atoms with Gasteiger partial charge in [-0.15, -0.1) is 0 Å². The number of rotatable bonds is 8. The predicted octanol–water partition coefficient (Wildman–Crippen LogP) is 17.2. The molecule has 13 rings (SSSR count). The Balaban J connectivity index is 0.928. The minimum absolute atomic E-state index is 0.701. The smallest absolute Gasteiger partial charge is 0.160 e. The van der Waals surface area contributed by atoms with Crippen LogP contribution in [0.2, 0.25) is 0 Å². The number of hydrogen-bond donors (Lipinski definition) is 0. The predicted molar refractivity (Wildman–Crippen MR) is 285 cm³/mol. The first-order chi connectivity index (χ1) is 33.7. The number of fused-ring (bicyclic) bond motifs is 6. The van der Waals surface area contributed by atoms with Crippen LogP contribution in [-0.4, -0.2) is 14.5 Å². The van der Waals surface area contributed by atoms with Gasteiger partial charge in [-0.25, -0.2) is 9.97 Å². The minimum Gasteiger partial charge on any atom is -0.310 e. The van der Waals surface area contributed by atoms with Crippen molar-refractivity contribution in [1.82, 2.24) is 14.5 Å². The molecule has 318 valence electrons. The summed E-state index contributed by atoms with van der Waals surface area (Å²) in [5.41, 5.74) is 15.2. The fourth-order valence-corrected chi connectivity index (χ4v) is 10.1. The normalized spacial score (nSPS) is 11.5. The van der Waals surface area contributed by atoms with Gasteiger partial charge in [-0.05, 0) is 99.1 Å². The highest BCUT2D eigenvalue weighted by atomic mass is 15.1. The summed E-state index contributed by atoms with van der Waals surface area (Å²) in [6, 6.07) is 91.3. The van der Waals surface area contributed by atoms with Gasteiger partial charge >= 0.3 is 0 Å². The van der Waals surface area contributed by atoms with Crippen LogP contribution in [-0.2, 0) is 0 Å². The zero-order chi connectivity index (χ0) is 45.0. The maximum absolute atomic E-state index is 5.24. The molecule has 0 radical (unpaired) electrons. The van der Waals surface area contributed by atoms with Crippen molar-refractivity contribution < 1.29 is 0 Å². The van der Waals surface area contributed by atoms with Gasteiger partial charge in [0.15, 0.2) is 5.82 Å². The van der Waals surface area contributed by atoms with Crippen LogP contribution in [0.3, 0.4) is 0 Å². The van der Waals surface area contributed by atoms with Gasteiger partial charge in [0.25, 0.3) is 0 Å². The summed E-state index contributed by atoms with van der Waals surface area (Å²) in [5.74, 6) is 0.701. The van der Waals surface area contributed by atoms with E-state index in [4.69, 9.17) is 9.97 Å². The van der Waals surface area contributed by atoms with Crippen molar-refractivity contribution in [3.63, 3.8) is 0 Å². The molecule has 0 N–H and O–H groups in total. The van der Waals surface area contributed by atoms with Crippen molar-refractivity contribution in [1.29, 1.82) is 0 Å². The molecule has 0 aliphatic carbocycles. The highest BCUT2D eigenvalue weighted by Gasteiger charge is 2.20. The van der Waals surface area contributed by atoms with Crippen LogP contribution >= 0.6 is 0 Å². The van der Waals surface area contributed by atoms with Crippen molar-refractivity contribution in [3.8, 4) is 50.6 Å². The molecule has 2 aromatic heterocycles. The molecule has 68 heavy (non-hydrogen) atoms. The molecular formula is C64H42N4. The van der Waals surface area contributed by atoms with Gasteiger partial charge < -0.3 is 9.47 Å². The Hall–Kier alpha value is -9.12. The second kappa shape index (κ2) is 16.4. The van der Waals surface area contributed by atoms with E-state index >= 15 is 0 Å². The van der Waals surface area contributed by atoms with Crippen LogP contribution < -0.4 is 4.90 Å². The molecule has 0 bridgehead atoms. The van der Waals surface area contributed by atoms with Gasteiger partial charge in [-0.2, -0.15) is 0 Å². The molecule has 0 spiro atoms. The first kappa shape index (κ1) is 39.3. The molecule has 0 aliphatic rings. The minimum atomic E-state index is 0.701. The lowest BCUT2D eigenvalue weighted by molar-refractivity contribution is 1.18. The molecule has 13 aromatic rings. The number of benzene rings is 11. The van der Waals surface area contributed by atoms with Crippen molar-refractivity contribution in [2.24, 2.45) is 0 Å². The third-order valence-corrected chi connectivity index (χ3v) is 13.4. The zero-order valence-electron chi connectivity index (χ0n) is 37.0. The van der Waals surface area contributed by atoms with Crippen LogP contribution in [0.1, 0.15) is 0 Å². The highest BCUT2D eigenvalue weighted by Crippen LogP contribution is 2.43. The molecule has 0 aliphatic heterocycles. The monoisotopic (exact) mass is 866 g/mol. The van der Waals surface area contributed by atoms with Crippen LogP contribution in [0.4, 0.5) is 17.1 Å². The number of para-hydroxylation sites is 2. The second-order valence-corrected chi connectivity index (χ2v) is 17.4. The van der Waals surface area contributed by atoms with E-state index in [1.807, 2.05) is 12.1 Å². The molecule has 0 atom stereocenters. The average Bonchev–Trinajstić information content (AvgIpc) is 3.74. The molecular weight excluding hydrogens is 825 g/mol. The van der Waals surface area contributed by atoms with Crippen LogP contribution in [0.25, 0.3) is 105 Å².